The molecule has 1 aromatic rings. The minimum atomic E-state index is -1.07. The first-order valence-electron chi connectivity index (χ1n) is 5.00. The maximum absolute atomic E-state index is 11.8. The van der Waals surface area contributed by atoms with E-state index in [2.05, 4.69) is 15.9 Å². The van der Waals surface area contributed by atoms with E-state index >= 15 is 0 Å². The monoisotopic (exact) mass is 295 g/mol. The van der Waals surface area contributed by atoms with Gasteiger partial charge in [0.25, 0.3) is 0 Å². The second kappa shape index (κ2) is 4.33. The first kappa shape index (κ1) is 11.9. The average Bonchev–Trinajstić information content (AvgIpc) is 2.41. The van der Waals surface area contributed by atoms with Crippen molar-refractivity contribution in [3.8, 4) is 0 Å². The summed E-state index contributed by atoms with van der Waals surface area (Å²) in [7, 11) is 1.65. The van der Waals surface area contributed by atoms with Crippen LogP contribution in [0.1, 0.15) is 12.0 Å². The number of fused-ring (bicyclic) bond motifs is 1. The van der Waals surface area contributed by atoms with E-state index in [9.17, 15) is 9.59 Å². The van der Waals surface area contributed by atoms with E-state index in [0.29, 0.717) is 10.2 Å². The lowest BCUT2D eigenvalue weighted by Crippen LogP contribution is -2.26. The highest BCUT2D eigenvalue weighted by molar-refractivity contribution is 9.15. The molecule has 88 valence electrons. The summed E-state index contributed by atoms with van der Waals surface area (Å²) in [5.41, 5.74) is 1.52. The number of halogens is 1. The van der Waals surface area contributed by atoms with E-state index in [-0.39, 0.29) is 17.9 Å². The molecular formula is C12H10BrNO3. The van der Waals surface area contributed by atoms with Crippen LogP contribution < -0.4 is 4.90 Å². The van der Waals surface area contributed by atoms with Crippen LogP contribution in [0.2, 0.25) is 0 Å². The molecule has 4 nitrogen and oxygen atoms in total. The van der Waals surface area contributed by atoms with Gasteiger partial charge in [0.1, 0.15) is 0 Å². The van der Waals surface area contributed by atoms with Crippen LogP contribution in [0.5, 0.6) is 0 Å². The molecule has 0 unspecified atom stereocenters. The molecule has 1 aliphatic heterocycles. The maximum atomic E-state index is 11.8. The second-order valence-electron chi connectivity index (χ2n) is 3.74. The summed E-state index contributed by atoms with van der Waals surface area (Å²) in [5.74, 6) is -1.31. The summed E-state index contributed by atoms with van der Waals surface area (Å²) in [4.78, 5) is 24.4. The van der Waals surface area contributed by atoms with Crippen LogP contribution in [-0.4, -0.2) is 24.0 Å². The van der Waals surface area contributed by atoms with Crippen molar-refractivity contribution < 1.29 is 14.7 Å². The molecule has 0 radical (unpaired) electrons. The van der Waals surface area contributed by atoms with E-state index in [1.165, 1.54) is 4.90 Å². The molecule has 0 atom stereocenters. The van der Waals surface area contributed by atoms with Gasteiger partial charge in [-0.3, -0.25) is 4.79 Å². The summed E-state index contributed by atoms with van der Waals surface area (Å²) in [5, 5.41) is 9.10. The fourth-order valence-electron chi connectivity index (χ4n) is 1.77. The quantitative estimate of drug-likeness (QED) is 0.864. The standard InChI is InChI=1S/C12H10BrNO3/c1-14-9-5-3-2-4-7(9)11(13)8(12(16)17)6-10(14)15/h2-5H,6H2,1H3,(H,16,17). The molecule has 0 fully saturated rings. The van der Waals surface area contributed by atoms with E-state index in [0.717, 1.165) is 5.56 Å². The molecule has 1 aromatic carbocycles. The number of hydrogen-bond acceptors (Lipinski definition) is 2. The van der Waals surface area contributed by atoms with Crippen LogP contribution in [0.25, 0.3) is 4.48 Å². The molecule has 1 N–H and O–H groups in total. The number of carboxylic acids is 1. The van der Waals surface area contributed by atoms with Crippen molar-refractivity contribution in [1.29, 1.82) is 0 Å². The Bertz CT molecular complexity index is 536. The van der Waals surface area contributed by atoms with Crippen molar-refractivity contribution in [3.63, 3.8) is 0 Å². The first-order chi connectivity index (χ1) is 8.02. The third kappa shape index (κ3) is 1.98. The van der Waals surface area contributed by atoms with Gasteiger partial charge in [-0.15, -0.1) is 0 Å². The minimum Gasteiger partial charge on any atom is -0.478 e. The lowest BCUT2D eigenvalue weighted by Gasteiger charge is -2.17. The van der Waals surface area contributed by atoms with Crippen LogP contribution in [0.15, 0.2) is 29.8 Å². The molecule has 1 amide bonds. The third-order valence-corrected chi connectivity index (χ3v) is 3.63. The lowest BCUT2D eigenvalue weighted by atomic mass is 10.1. The minimum absolute atomic E-state index is 0.0896. The molecule has 5 heteroatoms. The summed E-state index contributed by atoms with van der Waals surface area (Å²) >= 11 is 3.28. The highest BCUT2D eigenvalue weighted by Gasteiger charge is 2.27. The van der Waals surface area contributed by atoms with Gasteiger partial charge in [-0.2, -0.15) is 0 Å². The van der Waals surface area contributed by atoms with E-state index in [1.807, 2.05) is 12.1 Å². The molecule has 0 aliphatic carbocycles. The number of benzene rings is 1. The predicted octanol–water partition coefficient (Wildman–Crippen LogP) is 2.24. The molecule has 0 bridgehead atoms. The van der Waals surface area contributed by atoms with Crippen molar-refractivity contribution >= 4 is 38.0 Å². The Morgan fingerprint density at radius 3 is 2.71 bits per heavy atom. The highest BCUT2D eigenvalue weighted by Crippen LogP contribution is 2.37. The molecule has 0 aromatic heterocycles. The van der Waals surface area contributed by atoms with Crippen LogP contribution in [0.3, 0.4) is 0 Å². The fraction of sp³-hybridized carbons (Fsp3) is 0.167. The van der Waals surface area contributed by atoms with Gasteiger partial charge >= 0.3 is 5.97 Å². The maximum Gasteiger partial charge on any atom is 0.333 e. The number of rotatable bonds is 1. The molecule has 0 spiro atoms. The summed E-state index contributed by atoms with van der Waals surface area (Å²) in [6, 6.07) is 7.20. The number of hydrogen-bond donors (Lipinski definition) is 1. The van der Waals surface area contributed by atoms with Gasteiger partial charge in [-0.1, -0.05) is 18.2 Å². The van der Waals surface area contributed by atoms with Crippen molar-refractivity contribution in [1.82, 2.24) is 0 Å². The Morgan fingerprint density at radius 1 is 1.41 bits per heavy atom. The van der Waals surface area contributed by atoms with E-state index in [4.69, 9.17) is 5.11 Å². The lowest BCUT2D eigenvalue weighted by molar-refractivity contribution is -0.133. The van der Waals surface area contributed by atoms with E-state index < -0.39 is 5.97 Å². The number of aliphatic carboxylic acids is 1. The molecule has 1 aliphatic rings. The Labute approximate surface area is 107 Å². The Balaban J connectivity index is 2.70. The van der Waals surface area contributed by atoms with Crippen LogP contribution in [-0.2, 0) is 9.59 Å². The summed E-state index contributed by atoms with van der Waals surface area (Å²) in [6.45, 7) is 0. The summed E-state index contributed by atoms with van der Waals surface area (Å²) in [6.07, 6.45) is -0.110. The van der Waals surface area contributed by atoms with Crippen molar-refractivity contribution in [2.24, 2.45) is 0 Å². The SMILES string of the molecule is CN1C(=O)CC(C(=O)O)=C(Br)c2ccccc21. The first-order valence-corrected chi connectivity index (χ1v) is 5.79. The predicted molar refractivity (Wildman–Crippen MR) is 68.0 cm³/mol. The summed E-state index contributed by atoms with van der Waals surface area (Å²) < 4.78 is 0.471. The number of para-hydroxylation sites is 1. The third-order valence-electron chi connectivity index (χ3n) is 2.73. The highest BCUT2D eigenvalue weighted by atomic mass is 79.9. The number of nitrogens with zero attached hydrogens (tertiary/aromatic N) is 1. The van der Waals surface area contributed by atoms with Gasteiger partial charge in [-0.25, -0.2) is 4.79 Å². The molecule has 0 saturated heterocycles. The zero-order valence-corrected chi connectivity index (χ0v) is 10.7. The van der Waals surface area contributed by atoms with E-state index in [1.54, 1.807) is 19.2 Å². The number of carbonyl (C=O) groups is 2. The molecular weight excluding hydrogens is 286 g/mol. The van der Waals surface area contributed by atoms with Crippen molar-refractivity contribution in [3.05, 3.63) is 35.4 Å². The van der Waals surface area contributed by atoms with Gasteiger partial charge < -0.3 is 10.0 Å². The average molecular weight is 296 g/mol. The fourth-order valence-corrected chi connectivity index (χ4v) is 2.41. The Kier molecular flexibility index (Phi) is 3.02. The second-order valence-corrected chi connectivity index (χ2v) is 4.54. The number of carbonyl (C=O) groups excluding carboxylic acids is 1. The Hall–Kier alpha value is -1.62. The largest absolute Gasteiger partial charge is 0.478 e. The van der Waals surface area contributed by atoms with Crippen LogP contribution >= 0.6 is 15.9 Å². The normalized spacial score (nSPS) is 15.6. The Morgan fingerprint density at radius 2 is 2.06 bits per heavy atom. The van der Waals surface area contributed by atoms with Crippen molar-refractivity contribution in [2.45, 2.75) is 6.42 Å². The zero-order chi connectivity index (χ0) is 12.6. The molecule has 17 heavy (non-hydrogen) atoms. The van der Waals surface area contributed by atoms with Gasteiger partial charge in [0.05, 0.1) is 17.7 Å². The molecule has 2 rings (SSSR count). The van der Waals surface area contributed by atoms with Crippen molar-refractivity contribution in [2.75, 3.05) is 11.9 Å². The topological polar surface area (TPSA) is 57.6 Å². The number of anilines is 1. The van der Waals surface area contributed by atoms with Gasteiger partial charge in [0.2, 0.25) is 5.91 Å². The zero-order valence-electron chi connectivity index (χ0n) is 9.11. The smallest absolute Gasteiger partial charge is 0.333 e. The van der Waals surface area contributed by atoms with Gasteiger partial charge in [-0.05, 0) is 22.0 Å². The molecule has 1 heterocycles. The number of carboxylic acid groups (broad SMARTS) is 1. The van der Waals surface area contributed by atoms with Crippen LogP contribution in [0.4, 0.5) is 5.69 Å². The van der Waals surface area contributed by atoms with Crippen LogP contribution in [0, 0.1) is 0 Å². The number of amides is 1. The molecule has 0 saturated carbocycles. The van der Waals surface area contributed by atoms with Gasteiger partial charge in [0.15, 0.2) is 0 Å². The van der Waals surface area contributed by atoms with Gasteiger partial charge in [0, 0.05) is 17.1 Å².